The lowest BCUT2D eigenvalue weighted by Crippen LogP contribution is -2.28. The molecule has 9 nitrogen and oxygen atoms in total. The van der Waals surface area contributed by atoms with Gasteiger partial charge in [0.05, 0.1) is 23.8 Å². The van der Waals surface area contributed by atoms with Crippen molar-refractivity contribution in [3.05, 3.63) is 41.6 Å². The zero-order valence-electron chi connectivity index (χ0n) is 14.1. The van der Waals surface area contributed by atoms with E-state index in [-0.39, 0.29) is 17.7 Å². The van der Waals surface area contributed by atoms with Crippen molar-refractivity contribution in [1.82, 2.24) is 30.0 Å². The van der Waals surface area contributed by atoms with Gasteiger partial charge in [0.2, 0.25) is 11.1 Å². The SMILES string of the molecule is Cc1cc(C)n(-c2nnc(SCC(=O)N[C@@H](C)c3ccco3)n2N)n1. The fraction of sp³-hybridized carbons (Fsp3) is 0.333. The Morgan fingerprint density at radius 1 is 1.44 bits per heavy atom. The molecule has 0 fully saturated rings. The standard InChI is InChI=1S/C15H19N7O2S/c1-9-7-10(2)22(20-9)14-18-19-15(21(14)16)25-8-13(23)17-11(3)12-5-4-6-24-12/h4-7,11H,8,16H2,1-3H3,(H,17,23)/t11-/m0/s1. The monoisotopic (exact) mass is 361 g/mol. The molecule has 25 heavy (non-hydrogen) atoms. The maximum atomic E-state index is 12.1. The number of furan rings is 1. The molecule has 1 atom stereocenters. The van der Waals surface area contributed by atoms with Gasteiger partial charge in [-0.1, -0.05) is 11.8 Å². The van der Waals surface area contributed by atoms with E-state index >= 15 is 0 Å². The number of nitrogens with zero attached hydrogens (tertiary/aromatic N) is 5. The molecule has 3 rings (SSSR count). The molecule has 3 aromatic heterocycles. The van der Waals surface area contributed by atoms with Crippen LogP contribution in [-0.2, 0) is 4.79 Å². The van der Waals surface area contributed by atoms with Crippen molar-refractivity contribution in [3.8, 4) is 5.95 Å². The Labute approximate surface area is 148 Å². The number of nitrogen functional groups attached to an aromatic ring is 1. The second kappa shape index (κ2) is 7.01. The lowest BCUT2D eigenvalue weighted by atomic mass is 10.2. The normalized spacial score (nSPS) is 12.3. The summed E-state index contributed by atoms with van der Waals surface area (Å²) < 4.78 is 8.21. The number of nitrogens with one attached hydrogen (secondary N) is 1. The number of hydrogen-bond donors (Lipinski definition) is 2. The molecule has 0 saturated carbocycles. The molecule has 3 N–H and O–H groups in total. The van der Waals surface area contributed by atoms with Crippen LogP contribution in [-0.4, -0.2) is 36.3 Å². The Hall–Kier alpha value is -2.75. The molecule has 0 spiro atoms. The Morgan fingerprint density at radius 3 is 2.88 bits per heavy atom. The van der Waals surface area contributed by atoms with Crippen LogP contribution in [0.1, 0.15) is 30.1 Å². The molecule has 0 aliphatic heterocycles. The summed E-state index contributed by atoms with van der Waals surface area (Å²) in [6.07, 6.45) is 1.57. The smallest absolute Gasteiger partial charge is 0.271 e. The number of nitrogens with two attached hydrogens (primary N) is 1. The lowest BCUT2D eigenvalue weighted by Gasteiger charge is -2.11. The third-order valence-corrected chi connectivity index (χ3v) is 4.47. The highest BCUT2D eigenvalue weighted by atomic mass is 32.2. The highest BCUT2D eigenvalue weighted by Gasteiger charge is 2.17. The van der Waals surface area contributed by atoms with Gasteiger partial charge in [-0.2, -0.15) is 5.10 Å². The summed E-state index contributed by atoms with van der Waals surface area (Å²) in [5, 5.41) is 15.7. The average molecular weight is 361 g/mol. The molecule has 10 heteroatoms. The Morgan fingerprint density at radius 2 is 2.24 bits per heavy atom. The van der Waals surface area contributed by atoms with Gasteiger partial charge in [0.15, 0.2) is 0 Å². The molecule has 0 unspecified atom stereocenters. The Kier molecular flexibility index (Phi) is 4.79. The largest absolute Gasteiger partial charge is 0.467 e. The van der Waals surface area contributed by atoms with E-state index in [1.807, 2.05) is 32.9 Å². The predicted octanol–water partition coefficient (Wildman–Crippen LogP) is 1.36. The van der Waals surface area contributed by atoms with Crippen molar-refractivity contribution >= 4 is 17.7 Å². The van der Waals surface area contributed by atoms with Gasteiger partial charge in [-0.15, -0.1) is 10.2 Å². The molecule has 0 aliphatic rings. The van der Waals surface area contributed by atoms with E-state index in [4.69, 9.17) is 10.3 Å². The van der Waals surface area contributed by atoms with Crippen molar-refractivity contribution in [3.63, 3.8) is 0 Å². The lowest BCUT2D eigenvalue weighted by molar-refractivity contribution is -0.119. The molecule has 0 aromatic carbocycles. The molecule has 0 saturated heterocycles. The molecule has 3 heterocycles. The minimum absolute atomic E-state index is 0.149. The van der Waals surface area contributed by atoms with Crippen LogP contribution in [0.4, 0.5) is 0 Å². The van der Waals surface area contributed by atoms with Crippen LogP contribution in [0.2, 0.25) is 0 Å². The second-order valence-corrected chi connectivity index (χ2v) is 6.53. The first-order chi connectivity index (χ1) is 12.0. The number of hydrogen-bond acceptors (Lipinski definition) is 7. The minimum atomic E-state index is -0.205. The van der Waals surface area contributed by atoms with Gasteiger partial charge in [0.25, 0.3) is 5.95 Å². The van der Waals surface area contributed by atoms with Gasteiger partial charge in [0.1, 0.15) is 5.76 Å². The summed E-state index contributed by atoms with van der Waals surface area (Å²) in [6.45, 7) is 5.65. The van der Waals surface area contributed by atoms with E-state index < -0.39 is 0 Å². The Bertz CT molecular complexity index is 869. The number of rotatable bonds is 6. The zero-order chi connectivity index (χ0) is 18.0. The fourth-order valence-corrected chi connectivity index (χ4v) is 3.03. The highest BCUT2D eigenvalue weighted by molar-refractivity contribution is 7.99. The van der Waals surface area contributed by atoms with Gasteiger partial charge in [0, 0.05) is 5.69 Å². The number of thioether (sulfide) groups is 1. The van der Waals surface area contributed by atoms with E-state index in [1.54, 1.807) is 17.0 Å². The zero-order valence-corrected chi connectivity index (χ0v) is 14.9. The van der Waals surface area contributed by atoms with Gasteiger partial charge < -0.3 is 15.6 Å². The van der Waals surface area contributed by atoms with Crippen LogP contribution in [0.25, 0.3) is 5.95 Å². The molecule has 0 bridgehead atoms. The Balaban J connectivity index is 1.62. The molecule has 3 aromatic rings. The third-order valence-electron chi connectivity index (χ3n) is 3.53. The van der Waals surface area contributed by atoms with Crippen LogP contribution in [0.15, 0.2) is 34.0 Å². The molecule has 0 aliphatic carbocycles. The van der Waals surface area contributed by atoms with Crippen LogP contribution in [0, 0.1) is 13.8 Å². The third kappa shape index (κ3) is 3.68. The van der Waals surface area contributed by atoms with Crippen molar-refractivity contribution in [2.45, 2.75) is 32.0 Å². The first-order valence-electron chi connectivity index (χ1n) is 7.65. The van der Waals surface area contributed by atoms with Crippen molar-refractivity contribution in [2.24, 2.45) is 0 Å². The summed E-state index contributed by atoms with van der Waals surface area (Å²) >= 11 is 1.20. The molecule has 1 amide bonds. The second-order valence-electron chi connectivity index (χ2n) is 5.58. The molecule has 0 radical (unpaired) electrons. The van der Waals surface area contributed by atoms with E-state index in [2.05, 4.69) is 20.6 Å². The molecular weight excluding hydrogens is 342 g/mol. The first-order valence-corrected chi connectivity index (χ1v) is 8.64. The summed E-state index contributed by atoms with van der Waals surface area (Å²) in [4.78, 5) is 12.1. The fourth-order valence-electron chi connectivity index (χ4n) is 2.37. The summed E-state index contributed by atoms with van der Waals surface area (Å²) in [7, 11) is 0. The average Bonchev–Trinajstić information content (AvgIpc) is 3.27. The van der Waals surface area contributed by atoms with E-state index in [0.717, 1.165) is 11.4 Å². The van der Waals surface area contributed by atoms with Crippen LogP contribution >= 0.6 is 11.8 Å². The van der Waals surface area contributed by atoms with Crippen molar-refractivity contribution in [2.75, 3.05) is 11.6 Å². The first kappa shape index (κ1) is 17.1. The van der Waals surface area contributed by atoms with Gasteiger partial charge in [-0.05, 0) is 39.0 Å². The number of amides is 1. The number of aromatic nitrogens is 5. The highest BCUT2D eigenvalue weighted by Crippen LogP contribution is 2.18. The van der Waals surface area contributed by atoms with Crippen LogP contribution < -0.4 is 11.2 Å². The van der Waals surface area contributed by atoms with Crippen LogP contribution in [0.3, 0.4) is 0 Å². The number of carbonyl (C=O) groups is 1. The maximum Gasteiger partial charge on any atom is 0.271 e. The van der Waals surface area contributed by atoms with Gasteiger partial charge >= 0.3 is 0 Å². The molecule has 132 valence electrons. The summed E-state index contributed by atoms with van der Waals surface area (Å²) in [5.74, 6) is 7.16. The van der Waals surface area contributed by atoms with Crippen molar-refractivity contribution < 1.29 is 9.21 Å². The summed E-state index contributed by atoms with van der Waals surface area (Å²) in [5.41, 5.74) is 1.76. The van der Waals surface area contributed by atoms with E-state index in [9.17, 15) is 4.79 Å². The van der Waals surface area contributed by atoms with Gasteiger partial charge in [-0.3, -0.25) is 4.79 Å². The number of carbonyl (C=O) groups excluding carboxylic acids is 1. The van der Waals surface area contributed by atoms with Crippen molar-refractivity contribution in [1.29, 1.82) is 0 Å². The summed E-state index contributed by atoms with van der Waals surface area (Å²) in [6, 6.07) is 5.31. The van der Waals surface area contributed by atoms with Gasteiger partial charge in [-0.25, -0.2) is 9.36 Å². The van der Waals surface area contributed by atoms with E-state index in [1.165, 1.54) is 16.4 Å². The molecular formula is C15H19N7O2S. The topological polar surface area (TPSA) is 117 Å². The predicted molar refractivity (Wildman–Crippen MR) is 92.8 cm³/mol. The number of aryl methyl sites for hydroxylation is 2. The minimum Gasteiger partial charge on any atom is -0.467 e. The quantitative estimate of drug-likeness (QED) is 0.503. The van der Waals surface area contributed by atoms with E-state index in [0.29, 0.717) is 16.9 Å². The van der Waals surface area contributed by atoms with Crippen LogP contribution in [0.5, 0.6) is 0 Å². The maximum absolute atomic E-state index is 12.1.